The van der Waals surface area contributed by atoms with Crippen molar-refractivity contribution in [3.63, 3.8) is 0 Å². The molecule has 12 heavy (non-hydrogen) atoms. The predicted octanol–water partition coefficient (Wildman–Crippen LogP) is 0.410. The molecular formula is C9H15N3. The minimum Gasteiger partial charge on any atom is -0.318 e. The molecule has 0 spiro atoms. The second-order valence-electron chi connectivity index (χ2n) is 2.69. The van der Waals surface area contributed by atoms with Gasteiger partial charge in [-0.2, -0.15) is 0 Å². The standard InChI is InChI=1S/C9H15N3/c1-11-7-9(12-10)8-5-3-2-4-6-8/h2-6,9,11-12H,7,10H2,1H3/t9-/m1/s1. The summed E-state index contributed by atoms with van der Waals surface area (Å²) in [6.07, 6.45) is 0. The van der Waals surface area contributed by atoms with Gasteiger partial charge in [-0.3, -0.25) is 11.3 Å². The Hall–Kier alpha value is -0.900. The van der Waals surface area contributed by atoms with Crippen LogP contribution in [0, 0.1) is 0 Å². The SMILES string of the molecule is CNC[C@@H](NN)c1ccccc1. The van der Waals surface area contributed by atoms with Gasteiger partial charge in [-0.15, -0.1) is 0 Å². The van der Waals surface area contributed by atoms with Crippen molar-refractivity contribution < 1.29 is 0 Å². The van der Waals surface area contributed by atoms with Crippen LogP contribution in [0.3, 0.4) is 0 Å². The van der Waals surface area contributed by atoms with Gasteiger partial charge in [-0.1, -0.05) is 30.3 Å². The summed E-state index contributed by atoms with van der Waals surface area (Å²) in [5, 5.41) is 3.07. The molecule has 0 saturated carbocycles. The first-order valence-corrected chi connectivity index (χ1v) is 4.04. The van der Waals surface area contributed by atoms with Crippen LogP contribution in [0.5, 0.6) is 0 Å². The minimum absolute atomic E-state index is 0.191. The Labute approximate surface area is 72.9 Å². The molecule has 4 N–H and O–H groups in total. The molecule has 0 aliphatic carbocycles. The van der Waals surface area contributed by atoms with Gasteiger partial charge in [0.1, 0.15) is 0 Å². The van der Waals surface area contributed by atoms with Gasteiger partial charge in [0, 0.05) is 6.54 Å². The average Bonchev–Trinajstić information content (AvgIpc) is 2.15. The third-order valence-corrected chi connectivity index (χ3v) is 1.81. The summed E-state index contributed by atoms with van der Waals surface area (Å²) in [7, 11) is 1.91. The normalized spacial score (nSPS) is 12.8. The van der Waals surface area contributed by atoms with Gasteiger partial charge in [0.15, 0.2) is 0 Å². The Morgan fingerprint density at radius 1 is 1.33 bits per heavy atom. The van der Waals surface area contributed by atoms with Crippen LogP contribution in [0.2, 0.25) is 0 Å². The number of benzene rings is 1. The zero-order valence-electron chi connectivity index (χ0n) is 7.25. The first-order chi connectivity index (χ1) is 5.88. The lowest BCUT2D eigenvalue weighted by molar-refractivity contribution is 0.526. The van der Waals surface area contributed by atoms with Gasteiger partial charge in [0.2, 0.25) is 0 Å². The van der Waals surface area contributed by atoms with E-state index in [1.807, 2.05) is 25.2 Å². The highest BCUT2D eigenvalue weighted by molar-refractivity contribution is 5.18. The van der Waals surface area contributed by atoms with Gasteiger partial charge in [-0.25, -0.2) is 0 Å². The van der Waals surface area contributed by atoms with Gasteiger partial charge in [-0.05, 0) is 12.6 Å². The fourth-order valence-electron chi connectivity index (χ4n) is 1.16. The topological polar surface area (TPSA) is 50.1 Å². The molecule has 0 aromatic heterocycles. The number of hydrogen-bond acceptors (Lipinski definition) is 3. The molecule has 0 bridgehead atoms. The molecule has 3 nitrogen and oxygen atoms in total. The fourth-order valence-corrected chi connectivity index (χ4v) is 1.16. The highest BCUT2D eigenvalue weighted by Crippen LogP contribution is 2.09. The van der Waals surface area contributed by atoms with Crippen molar-refractivity contribution in [2.45, 2.75) is 6.04 Å². The molecule has 1 atom stereocenters. The lowest BCUT2D eigenvalue weighted by Crippen LogP contribution is -2.34. The monoisotopic (exact) mass is 165 g/mol. The molecule has 0 radical (unpaired) electrons. The zero-order chi connectivity index (χ0) is 8.81. The molecular weight excluding hydrogens is 150 g/mol. The van der Waals surface area contributed by atoms with Crippen LogP contribution < -0.4 is 16.6 Å². The van der Waals surface area contributed by atoms with Crippen LogP contribution in [0.4, 0.5) is 0 Å². The number of nitrogens with two attached hydrogens (primary N) is 1. The maximum absolute atomic E-state index is 5.40. The molecule has 0 aliphatic rings. The second-order valence-corrected chi connectivity index (χ2v) is 2.69. The van der Waals surface area contributed by atoms with Crippen LogP contribution in [0.1, 0.15) is 11.6 Å². The molecule has 1 rings (SSSR count). The van der Waals surface area contributed by atoms with Crippen LogP contribution in [0.15, 0.2) is 30.3 Å². The van der Waals surface area contributed by atoms with E-state index in [1.54, 1.807) is 0 Å². The third-order valence-electron chi connectivity index (χ3n) is 1.81. The minimum atomic E-state index is 0.191. The summed E-state index contributed by atoms with van der Waals surface area (Å²) in [4.78, 5) is 0. The van der Waals surface area contributed by atoms with Crippen molar-refractivity contribution in [2.24, 2.45) is 5.84 Å². The number of rotatable bonds is 4. The summed E-state index contributed by atoms with van der Waals surface area (Å²) >= 11 is 0. The van der Waals surface area contributed by atoms with E-state index in [9.17, 15) is 0 Å². The summed E-state index contributed by atoms with van der Waals surface area (Å²) in [5.74, 6) is 5.40. The van der Waals surface area contributed by atoms with Gasteiger partial charge >= 0.3 is 0 Å². The number of nitrogens with one attached hydrogen (secondary N) is 2. The van der Waals surface area contributed by atoms with E-state index >= 15 is 0 Å². The van der Waals surface area contributed by atoms with Crippen molar-refractivity contribution in [3.05, 3.63) is 35.9 Å². The van der Waals surface area contributed by atoms with Crippen molar-refractivity contribution >= 4 is 0 Å². The molecule has 0 amide bonds. The molecule has 1 aromatic rings. The van der Waals surface area contributed by atoms with E-state index < -0.39 is 0 Å². The Morgan fingerprint density at radius 3 is 2.50 bits per heavy atom. The highest BCUT2D eigenvalue weighted by Gasteiger charge is 2.05. The average molecular weight is 165 g/mol. The summed E-state index contributed by atoms with van der Waals surface area (Å²) in [5.41, 5.74) is 3.96. The van der Waals surface area contributed by atoms with Crippen LogP contribution in [-0.2, 0) is 0 Å². The van der Waals surface area contributed by atoms with Crippen molar-refractivity contribution in [1.29, 1.82) is 0 Å². The number of likely N-dealkylation sites (N-methyl/N-ethyl adjacent to an activating group) is 1. The molecule has 3 heteroatoms. The first kappa shape index (κ1) is 9.19. The van der Waals surface area contributed by atoms with Gasteiger partial charge in [0.05, 0.1) is 6.04 Å². The van der Waals surface area contributed by atoms with Crippen molar-refractivity contribution in [2.75, 3.05) is 13.6 Å². The summed E-state index contributed by atoms with van der Waals surface area (Å²) in [6, 6.07) is 10.3. The first-order valence-electron chi connectivity index (χ1n) is 4.04. The predicted molar refractivity (Wildman–Crippen MR) is 50.4 cm³/mol. The Bertz CT molecular complexity index is 210. The molecule has 0 aliphatic heterocycles. The molecule has 0 heterocycles. The fraction of sp³-hybridized carbons (Fsp3) is 0.333. The van der Waals surface area contributed by atoms with E-state index in [-0.39, 0.29) is 6.04 Å². The highest BCUT2D eigenvalue weighted by atomic mass is 15.2. The largest absolute Gasteiger partial charge is 0.318 e. The Balaban J connectivity index is 2.66. The van der Waals surface area contributed by atoms with E-state index in [0.29, 0.717) is 0 Å². The van der Waals surface area contributed by atoms with Crippen LogP contribution in [-0.4, -0.2) is 13.6 Å². The van der Waals surface area contributed by atoms with Crippen LogP contribution >= 0.6 is 0 Å². The lowest BCUT2D eigenvalue weighted by Gasteiger charge is -2.15. The molecule has 0 fully saturated rings. The summed E-state index contributed by atoms with van der Waals surface area (Å²) < 4.78 is 0. The van der Waals surface area contributed by atoms with Crippen LogP contribution in [0.25, 0.3) is 0 Å². The molecule has 0 saturated heterocycles. The Kier molecular flexibility index (Phi) is 3.73. The van der Waals surface area contributed by atoms with E-state index in [0.717, 1.165) is 6.54 Å². The zero-order valence-corrected chi connectivity index (χ0v) is 7.25. The van der Waals surface area contributed by atoms with Gasteiger partial charge < -0.3 is 5.32 Å². The van der Waals surface area contributed by atoms with E-state index in [4.69, 9.17) is 5.84 Å². The van der Waals surface area contributed by atoms with E-state index in [1.165, 1.54) is 5.56 Å². The Morgan fingerprint density at radius 2 is 2.00 bits per heavy atom. The molecule has 66 valence electrons. The summed E-state index contributed by atoms with van der Waals surface area (Å²) in [6.45, 7) is 0.834. The number of hydrogen-bond donors (Lipinski definition) is 3. The smallest absolute Gasteiger partial charge is 0.0584 e. The maximum atomic E-state index is 5.40. The van der Waals surface area contributed by atoms with E-state index in [2.05, 4.69) is 22.9 Å². The maximum Gasteiger partial charge on any atom is 0.0584 e. The quantitative estimate of drug-likeness (QED) is 0.447. The lowest BCUT2D eigenvalue weighted by atomic mass is 10.1. The second kappa shape index (κ2) is 4.87. The molecule has 0 unspecified atom stereocenters. The van der Waals surface area contributed by atoms with Gasteiger partial charge in [0.25, 0.3) is 0 Å². The molecule has 1 aromatic carbocycles. The van der Waals surface area contributed by atoms with Crippen molar-refractivity contribution in [3.8, 4) is 0 Å². The third kappa shape index (κ3) is 2.30. The van der Waals surface area contributed by atoms with Crippen molar-refractivity contribution in [1.82, 2.24) is 10.7 Å². The number of hydrazine groups is 1.